The van der Waals surface area contributed by atoms with Gasteiger partial charge in [0.05, 0.1) is 0 Å². The van der Waals surface area contributed by atoms with Gasteiger partial charge in [0, 0.05) is 11.9 Å². The van der Waals surface area contributed by atoms with Gasteiger partial charge in [-0.1, -0.05) is 54.5 Å². The molecule has 106 valence electrons. The number of carbonyl (C=O) groups is 2. The summed E-state index contributed by atoms with van der Waals surface area (Å²) in [6.45, 7) is 0.0776. The Morgan fingerprint density at radius 3 is 1.56 bits per heavy atom. The molecule has 0 saturated heterocycles. The van der Waals surface area contributed by atoms with Gasteiger partial charge in [-0.3, -0.25) is 0 Å². The molecule has 2 amide bonds. The van der Waals surface area contributed by atoms with E-state index >= 15 is 0 Å². The first-order valence-corrected chi connectivity index (χ1v) is 7.51. The quantitative estimate of drug-likeness (QED) is 0.467. The van der Waals surface area contributed by atoms with E-state index in [9.17, 15) is 9.59 Å². The van der Waals surface area contributed by atoms with Gasteiger partial charge in [-0.05, 0) is 12.8 Å². The number of halogens is 1. The predicted octanol–water partition coefficient (Wildman–Crippen LogP) is 4.16. The van der Waals surface area contributed by atoms with Crippen molar-refractivity contribution in [3.63, 3.8) is 0 Å². The van der Waals surface area contributed by atoms with Crippen molar-refractivity contribution in [1.29, 1.82) is 0 Å². The van der Waals surface area contributed by atoms with Crippen molar-refractivity contribution >= 4 is 28.1 Å². The van der Waals surface area contributed by atoms with Crippen LogP contribution in [-0.2, 0) is 0 Å². The highest BCUT2D eigenvalue weighted by molar-refractivity contribution is 9.09. The maximum absolute atomic E-state index is 10.5. The summed E-state index contributed by atoms with van der Waals surface area (Å²) in [4.78, 5) is 21.5. The fourth-order valence-electron chi connectivity index (χ4n) is 1.70. The molecule has 0 fully saturated rings. The van der Waals surface area contributed by atoms with Gasteiger partial charge in [0.1, 0.15) is 0 Å². The van der Waals surface area contributed by atoms with Crippen LogP contribution < -0.4 is 0 Å². The second-order valence-electron chi connectivity index (χ2n) is 4.23. The topological polar surface area (TPSA) is 77.8 Å². The molecule has 0 rings (SSSR count). The Labute approximate surface area is 116 Å². The average Bonchev–Trinajstić information content (AvgIpc) is 2.30. The summed E-state index contributed by atoms with van der Waals surface area (Å²) < 4.78 is 0. The van der Waals surface area contributed by atoms with E-state index in [1.165, 1.54) is 25.7 Å². The Balaban J connectivity index is 3.39. The predicted molar refractivity (Wildman–Crippen MR) is 73.5 cm³/mol. The van der Waals surface area contributed by atoms with E-state index in [1.807, 2.05) is 0 Å². The van der Waals surface area contributed by atoms with Crippen molar-refractivity contribution in [2.24, 2.45) is 0 Å². The Morgan fingerprint density at radius 2 is 1.17 bits per heavy atom. The Hall–Kier alpha value is -0.780. The van der Waals surface area contributed by atoms with Crippen LogP contribution >= 0.6 is 15.9 Å². The van der Waals surface area contributed by atoms with Crippen LogP contribution in [0.4, 0.5) is 9.59 Å². The van der Waals surface area contributed by atoms with E-state index < -0.39 is 12.2 Å². The first-order valence-electron chi connectivity index (χ1n) is 6.39. The number of nitrogens with zero attached hydrogens (tertiary/aromatic N) is 1. The number of amides is 2. The van der Waals surface area contributed by atoms with Crippen molar-refractivity contribution in [3.8, 4) is 0 Å². The molecule has 2 N–H and O–H groups in total. The van der Waals surface area contributed by atoms with Crippen LogP contribution in [0.5, 0.6) is 0 Å². The van der Waals surface area contributed by atoms with Crippen LogP contribution in [0, 0.1) is 0 Å². The molecule has 0 radical (unpaired) electrons. The zero-order valence-electron chi connectivity index (χ0n) is 10.6. The SMILES string of the molecule is O=C(O)N(CCCCCCCCCCBr)C(=O)O. The number of unbranched alkanes of at least 4 members (excludes halogenated alkanes) is 7. The molecule has 0 aromatic carbocycles. The van der Waals surface area contributed by atoms with Crippen LogP contribution in [-0.4, -0.2) is 39.2 Å². The Kier molecular flexibility index (Phi) is 10.8. The lowest BCUT2D eigenvalue weighted by Crippen LogP contribution is -2.35. The summed E-state index contributed by atoms with van der Waals surface area (Å²) >= 11 is 3.39. The van der Waals surface area contributed by atoms with Gasteiger partial charge in [-0.25, -0.2) is 14.5 Å². The molecule has 0 spiro atoms. The maximum Gasteiger partial charge on any atom is 0.416 e. The molecule has 0 aromatic rings. The number of imide groups is 1. The summed E-state index contributed by atoms with van der Waals surface area (Å²) in [5.41, 5.74) is 0. The highest BCUT2D eigenvalue weighted by Crippen LogP contribution is 2.09. The normalized spacial score (nSPS) is 10.3. The van der Waals surface area contributed by atoms with Crippen LogP contribution in [0.1, 0.15) is 51.4 Å². The van der Waals surface area contributed by atoms with Crippen LogP contribution in [0.25, 0.3) is 0 Å². The van der Waals surface area contributed by atoms with Crippen LogP contribution in [0.2, 0.25) is 0 Å². The summed E-state index contributed by atoms with van der Waals surface area (Å²) in [6.07, 6.45) is 5.80. The van der Waals surface area contributed by atoms with Gasteiger partial charge in [-0.15, -0.1) is 0 Å². The molecule has 0 bridgehead atoms. The summed E-state index contributed by atoms with van der Waals surface area (Å²) in [7, 11) is 0. The van der Waals surface area contributed by atoms with Crippen molar-refractivity contribution in [2.45, 2.75) is 51.4 Å². The maximum atomic E-state index is 10.5. The molecule has 0 aliphatic carbocycles. The molecule has 5 nitrogen and oxygen atoms in total. The molecule has 0 heterocycles. The molecule has 0 aromatic heterocycles. The standard InChI is InChI=1S/C12H22BrNO4/c13-9-7-5-3-1-2-4-6-8-10-14(11(15)16)12(17)18/h1-10H2,(H,15,16)(H,17,18). The number of alkyl halides is 1. The minimum Gasteiger partial charge on any atom is -0.465 e. The van der Waals surface area contributed by atoms with Crippen molar-refractivity contribution < 1.29 is 19.8 Å². The molecular weight excluding hydrogens is 302 g/mol. The molecule has 18 heavy (non-hydrogen) atoms. The lowest BCUT2D eigenvalue weighted by molar-refractivity contribution is 0.122. The average molecular weight is 324 g/mol. The van der Waals surface area contributed by atoms with E-state index in [2.05, 4.69) is 15.9 Å². The van der Waals surface area contributed by atoms with Crippen LogP contribution in [0.3, 0.4) is 0 Å². The van der Waals surface area contributed by atoms with Gasteiger partial charge < -0.3 is 10.2 Å². The molecule has 6 heteroatoms. The largest absolute Gasteiger partial charge is 0.465 e. The zero-order chi connectivity index (χ0) is 13.8. The molecule has 0 atom stereocenters. The van der Waals surface area contributed by atoms with Gasteiger partial charge >= 0.3 is 12.2 Å². The highest BCUT2D eigenvalue weighted by atomic mass is 79.9. The van der Waals surface area contributed by atoms with Gasteiger partial charge in [0.25, 0.3) is 0 Å². The van der Waals surface area contributed by atoms with E-state index in [0.717, 1.165) is 24.6 Å². The monoisotopic (exact) mass is 323 g/mol. The summed E-state index contributed by atoms with van der Waals surface area (Å²) in [5.74, 6) is 0. The lowest BCUT2D eigenvalue weighted by atomic mass is 10.1. The minimum atomic E-state index is -1.39. The van der Waals surface area contributed by atoms with Crippen molar-refractivity contribution in [2.75, 3.05) is 11.9 Å². The first kappa shape index (κ1) is 17.2. The molecule has 0 aliphatic heterocycles. The fourth-order valence-corrected chi connectivity index (χ4v) is 2.09. The van der Waals surface area contributed by atoms with Gasteiger partial charge in [-0.2, -0.15) is 0 Å². The number of carboxylic acid groups (broad SMARTS) is 2. The zero-order valence-corrected chi connectivity index (χ0v) is 12.2. The summed E-state index contributed by atoms with van der Waals surface area (Å²) in [6, 6.07) is 0. The fraction of sp³-hybridized carbons (Fsp3) is 0.833. The van der Waals surface area contributed by atoms with Crippen molar-refractivity contribution in [1.82, 2.24) is 4.90 Å². The Morgan fingerprint density at radius 1 is 0.778 bits per heavy atom. The third kappa shape index (κ3) is 9.27. The number of hydrogen-bond donors (Lipinski definition) is 2. The first-order chi connectivity index (χ1) is 8.59. The number of hydrogen-bond acceptors (Lipinski definition) is 2. The van der Waals surface area contributed by atoms with E-state index in [-0.39, 0.29) is 6.54 Å². The molecule has 0 unspecified atom stereocenters. The van der Waals surface area contributed by atoms with Crippen LogP contribution in [0.15, 0.2) is 0 Å². The molecule has 0 aliphatic rings. The van der Waals surface area contributed by atoms with E-state index in [1.54, 1.807) is 0 Å². The molecule has 0 saturated carbocycles. The summed E-state index contributed by atoms with van der Waals surface area (Å²) in [5, 5.41) is 18.3. The highest BCUT2D eigenvalue weighted by Gasteiger charge is 2.18. The second kappa shape index (κ2) is 11.3. The smallest absolute Gasteiger partial charge is 0.416 e. The third-order valence-electron chi connectivity index (χ3n) is 2.73. The van der Waals surface area contributed by atoms with E-state index in [4.69, 9.17) is 10.2 Å². The second-order valence-corrected chi connectivity index (χ2v) is 5.03. The van der Waals surface area contributed by atoms with Gasteiger partial charge in [0.15, 0.2) is 0 Å². The Bertz CT molecular complexity index is 234. The minimum absolute atomic E-state index is 0.0776. The van der Waals surface area contributed by atoms with Gasteiger partial charge in [0.2, 0.25) is 0 Å². The van der Waals surface area contributed by atoms with E-state index in [0.29, 0.717) is 11.3 Å². The third-order valence-corrected chi connectivity index (χ3v) is 3.29. The van der Waals surface area contributed by atoms with Crippen molar-refractivity contribution in [3.05, 3.63) is 0 Å². The lowest BCUT2D eigenvalue weighted by Gasteiger charge is -2.12. The molecular formula is C12H22BrNO4. The number of rotatable bonds is 10.